The molecule has 0 radical (unpaired) electrons. The third-order valence-corrected chi connectivity index (χ3v) is 11.0. The summed E-state index contributed by atoms with van der Waals surface area (Å²) in [5.74, 6) is -0.143. The van der Waals surface area contributed by atoms with E-state index in [4.69, 9.17) is 9.47 Å². The first-order valence-corrected chi connectivity index (χ1v) is 22.2. The summed E-state index contributed by atoms with van der Waals surface area (Å²) in [5, 5.41) is 54.1. The Morgan fingerprint density at radius 1 is 0.577 bits per heavy atom. The summed E-state index contributed by atoms with van der Waals surface area (Å²) in [7, 11) is 0. The monoisotopic (exact) mass is 744 g/mol. The fraction of sp³-hybridized carbons (Fsp3) is 0.977. The van der Waals surface area contributed by atoms with E-state index < -0.39 is 49.5 Å². The first-order valence-electron chi connectivity index (χ1n) is 22.2. The number of rotatable bonds is 37. The molecule has 0 bridgehead atoms. The molecule has 0 aromatic heterocycles. The number of amides is 1. The summed E-state index contributed by atoms with van der Waals surface area (Å²) in [6, 6.07) is -0.709. The zero-order valence-electron chi connectivity index (χ0n) is 33.8. The van der Waals surface area contributed by atoms with Crippen molar-refractivity contribution in [3.05, 3.63) is 0 Å². The molecular weight excluding hydrogens is 658 g/mol. The van der Waals surface area contributed by atoms with Crippen LogP contribution >= 0.6 is 0 Å². The van der Waals surface area contributed by atoms with Gasteiger partial charge < -0.3 is 40.3 Å². The van der Waals surface area contributed by atoms with E-state index in [-0.39, 0.29) is 12.5 Å². The van der Waals surface area contributed by atoms with E-state index in [1.165, 1.54) is 148 Å². The first-order chi connectivity index (χ1) is 25.3. The smallest absolute Gasteiger partial charge is 0.220 e. The van der Waals surface area contributed by atoms with Crippen LogP contribution in [-0.2, 0) is 14.3 Å². The van der Waals surface area contributed by atoms with Gasteiger partial charge in [-0.3, -0.25) is 4.79 Å². The molecule has 1 saturated heterocycles. The lowest BCUT2D eigenvalue weighted by atomic mass is 9.99. The zero-order valence-corrected chi connectivity index (χ0v) is 33.8. The van der Waals surface area contributed by atoms with Gasteiger partial charge in [-0.2, -0.15) is 0 Å². The van der Waals surface area contributed by atoms with E-state index >= 15 is 0 Å². The van der Waals surface area contributed by atoms with Crippen LogP contribution < -0.4 is 5.32 Å². The van der Waals surface area contributed by atoms with Gasteiger partial charge in [-0.05, 0) is 12.8 Å². The van der Waals surface area contributed by atoms with Crippen molar-refractivity contribution in [2.75, 3.05) is 13.2 Å². The van der Waals surface area contributed by atoms with Gasteiger partial charge in [0.15, 0.2) is 6.29 Å². The number of aliphatic hydroxyl groups excluding tert-OH is 5. The van der Waals surface area contributed by atoms with Crippen LogP contribution in [0.25, 0.3) is 0 Å². The molecule has 1 aliphatic rings. The summed E-state index contributed by atoms with van der Waals surface area (Å²) in [6.45, 7) is 3.82. The maximum Gasteiger partial charge on any atom is 0.220 e. The predicted octanol–water partition coefficient (Wildman–Crippen LogP) is 8.78. The highest BCUT2D eigenvalue weighted by atomic mass is 16.7. The summed E-state index contributed by atoms with van der Waals surface area (Å²) < 4.78 is 11.2. The van der Waals surface area contributed by atoms with Gasteiger partial charge in [-0.1, -0.05) is 194 Å². The molecule has 0 aromatic carbocycles. The predicted molar refractivity (Wildman–Crippen MR) is 212 cm³/mol. The summed E-state index contributed by atoms with van der Waals surface area (Å²) in [5.41, 5.74) is 0. The van der Waals surface area contributed by atoms with Crippen LogP contribution in [0.4, 0.5) is 0 Å². The number of ether oxygens (including phenoxy) is 2. The fourth-order valence-electron chi connectivity index (χ4n) is 7.34. The number of unbranched alkanes of at least 4 members (excludes halogenated alkanes) is 27. The number of nitrogens with one attached hydrogen (secondary N) is 1. The molecule has 1 fully saturated rings. The molecule has 1 heterocycles. The SMILES string of the molecule is CCCCCCCCCCCCCCCCCCCCCCC(=O)N[C@@H](CO[C@H]1O[C@@H](CO)[C@H](O)C(O)C1O)[C@H](O)CCCCCCCCCCC. The Balaban J connectivity index is 2.25. The van der Waals surface area contributed by atoms with E-state index in [9.17, 15) is 30.3 Å². The third-order valence-electron chi connectivity index (χ3n) is 11.0. The largest absolute Gasteiger partial charge is 0.394 e. The first kappa shape index (κ1) is 49.2. The molecule has 52 heavy (non-hydrogen) atoms. The number of carbonyl (C=O) groups excluding carboxylic acids is 1. The minimum absolute atomic E-state index is 0.133. The lowest BCUT2D eigenvalue weighted by Crippen LogP contribution is -2.60. The Morgan fingerprint density at radius 2 is 0.962 bits per heavy atom. The van der Waals surface area contributed by atoms with E-state index in [0.29, 0.717) is 12.8 Å². The average Bonchev–Trinajstić information content (AvgIpc) is 3.14. The maximum absolute atomic E-state index is 12.9. The van der Waals surface area contributed by atoms with Crippen molar-refractivity contribution in [3.63, 3.8) is 0 Å². The number of carbonyl (C=O) groups is 1. The van der Waals surface area contributed by atoms with Crippen LogP contribution in [0, 0.1) is 0 Å². The van der Waals surface area contributed by atoms with Crippen molar-refractivity contribution in [2.24, 2.45) is 0 Å². The zero-order chi connectivity index (χ0) is 38.1. The van der Waals surface area contributed by atoms with E-state index in [1.807, 2.05) is 0 Å². The summed E-state index contributed by atoms with van der Waals surface area (Å²) in [6.07, 6.45) is 29.8. The van der Waals surface area contributed by atoms with Gasteiger partial charge in [-0.15, -0.1) is 0 Å². The Bertz CT molecular complexity index is 786. The second-order valence-corrected chi connectivity index (χ2v) is 15.9. The van der Waals surface area contributed by atoms with Crippen molar-refractivity contribution < 1.29 is 39.8 Å². The molecule has 2 unspecified atom stereocenters. The molecule has 1 aliphatic heterocycles. The van der Waals surface area contributed by atoms with Crippen LogP contribution in [-0.4, -0.2) is 87.5 Å². The second-order valence-electron chi connectivity index (χ2n) is 15.9. The molecular formula is C43H85NO8. The molecule has 0 saturated carbocycles. The fourth-order valence-corrected chi connectivity index (χ4v) is 7.34. The number of hydrogen-bond acceptors (Lipinski definition) is 8. The van der Waals surface area contributed by atoms with Crippen LogP contribution in [0.5, 0.6) is 0 Å². The van der Waals surface area contributed by atoms with Crippen LogP contribution in [0.3, 0.4) is 0 Å². The lowest BCUT2D eigenvalue weighted by molar-refractivity contribution is -0.302. The molecule has 9 nitrogen and oxygen atoms in total. The second kappa shape index (κ2) is 34.7. The van der Waals surface area contributed by atoms with Gasteiger partial charge in [0.05, 0.1) is 25.4 Å². The quantitative estimate of drug-likeness (QED) is 0.0346. The molecule has 0 aromatic rings. The topological polar surface area (TPSA) is 149 Å². The van der Waals surface area contributed by atoms with Gasteiger partial charge in [0.25, 0.3) is 0 Å². The highest BCUT2D eigenvalue weighted by molar-refractivity contribution is 5.76. The molecule has 1 rings (SSSR count). The highest BCUT2D eigenvalue weighted by Gasteiger charge is 2.44. The molecule has 1 amide bonds. The minimum atomic E-state index is -1.55. The number of aliphatic hydroxyl groups is 5. The molecule has 9 heteroatoms. The maximum atomic E-state index is 12.9. The summed E-state index contributed by atoms with van der Waals surface area (Å²) >= 11 is 0. The van der Waals surface area contributed by atoms with Gasteiger partial charge >= 0.3 is 0 Å². The molecule has 0 aliphatic carbocycles. The lowest BCUT2D eigenvalue weighted by Gasteiger charge is -2.40. The molecule has 0 spiro atoms. The van der Waals surface area contributed by atoms with Crippen molar-refractivity contribution in [2.45, 2.75) is 256 Å². The standard InChI is InChI=1S/C43H85NO8/c1-3-5-7-9-11-13-14-15-16-17-18-19-20-21-22-23-25-27-29-31-33-39(47)44-36(37(46)32-30-28-26-24-12-10-8-6-4-2)35-51-43-42(50)41(49)40(48)38(34-45)52-43/h36-38,40-43,45-46,48-50H,3-35H2,1-2H3,(H,44,47)/t36-,37+,38-,40-,41?,42?,43-/m0/s1. The molecule has 6 N–H and O–H groups in total. The normalized spacial score (nSPS) is 21.7. The van der Waals surface area contributed by atoms with Crippen molar-refractivity contribution >= 4 is 5.91 Å². The Kier molecular flexibility index (Phi) is 32.8. The Labute approximate surface area is 319 Å². The van der Waals surface area contributed by atoms with Crippen molar-refractivity contribution in [3.8, 4) is 0 Å². The number of hydrogen-bond donors (Lipinski definition) is 6. The van der Waals surface area contributed by atoms with E-state index in [0.717, 1.165) is 38.5 Å². The van der Waals surface area contributed by atoms with E-state index in [2.05, 4.69) is 19.2 Å². The minimum Gasteiger partial charge on any atom is -0.394 e. The highest BCUT2D eigenvalue weighted by Crippen LogP contribution is 2.23. The van der Waals surface area contributed by atoms with Crippen molar-refractivity contribution in [1.82, 2.24) is 5.32 Å². The van der Waals surface area contributed by atoms with Crippen LogP contribution in [0.1, 0.15) is 213 Å². The van der Waals surface area contributed by atoms with Gasteiger partial charge in [0, 0.05) is 6.42 Å². The Morgan fingerprint density at radius 3 is 1.37 bits per heavy atom. The Hall–Kier alpha value is -0.810. The van der Waals surface area contributed by atoms with Crippen molar-refractivity contribution in [1.29, 1.82) is 0 Å². The van der Waals surface area contributed by atoms with Gasteiger partial charge in [-0.25, -0.2) is 0 Å². The average molecular weight is 744 g/mol. The van der Waals surface area contributed by atoms with Crippen LogP contribution in [0.2, 0.25) is 0 Å². The molecule has 310 valence electrons. The van der Waals surface area contributed by atoms with Crippen LogP contribution in [0.15, 0.2) is 0 Å². The third kappa shape index (κ3) is 25.3. The van der Waals surface area contributed by atoms with Gasteiger partial charge in [0.2, 0.25) is 5.91 Å². The molecule has 7 atom stereocenters. The summed E-state index contributed by atoms with van der Waals surface area (Å²) in [4.78, 5) is 12.9. The van der Waals surface area contributed by atoms with Gasteiger partial charge in [0.1, 0.15) is 24.4 Å². The van der Waals surface area contributed by atoms with E-state index in [1.54, 1.807) is 0 Å².